The van der Waals surface area contributed by atoms with Gasteiger partial charge in [-0.15, -0.1) is 10.2 Å². The molecule has 8 heteroatoms. The molecule has 0 aliphatic carbocycles. The lowest BCUT2D eigenvalue weighted by Gasteiger charge is -2.12. The summed E-state index contributed by atoms with van der Waals surface area (Å²) in [5.41, 5.74) is 0. The molecular formula is C9H13ClN4O2S. The Kier molecular flexibility index (Phi) is 5.30. The molecule has 1 atom stereocenters. The lowest BCUT2D eigenvalue weighted by molar-refractivity contribution is -0.122. The number of rotatable bonds is 5. The molecule has 0 saturated carbocycles. The first-order valence-corrected chi connectivity index (χ1v) is 6.31. The molecule has 6 nitrogen and oxygen atoms in total. The van der Waals surface area contributed by atoms with Crippen molar-refractivity contribution in [1.29, 1.82) is 0 Å². The van der Waals surface area contributed by atoms with Gasteiger partial charge in [-0.1, -0.05) is 18.3 Å². The molecule has 2 N–H and O–H groups in total. The Morgan fingerprint density at radius 3 is 2.71 bits per heavy atom. The van der Waals surface area contributed by atoms with Crippen LogP contribution in [-0.2, 0) is 4.79 Å². The van der Waals surface area contributed by atoms with Gasteiger partial charge in [0, 0.05) is 6.54 Å². The normalized spacial score (nSPS) is 11.9. The topological polar surface area (TPSA) is 84.0 Å². The van der Waals surface area contributed by atoms with E-state index in [1.165, 1.54) is 0 Å². The number of aromatic nitrogens is 2. The van der Waals surface area contributed by atoms with Crippen molar-refractivity contribution in [2.24, 2.45) is 0 Å². The SMILES string of the molecule is CCCNC(=O)C(C)NC(=O)c1nnc(Cl)s1. The molecule has 0 aromatic carbocycles. The van der Waals surface area contributed by atoms with Gasteiger partial charge in [-0.3, -0.25) is 9.59 Å². The lowest BCUT2D eigenvalue weighted by atomic mass is 10.3. The Morgan fingerprint density at radius 2 is 2.18 bits per heavy atom. The van der Waals surface area contributed by atoms with Gasteiger partial charge in [0.1, 0.15) is 6.04 Å². The second kappa shape index (κ2) is 6.51. The highest BCUT2D eigenvalue weighted by molar-refractivity contribution is 7.17. The predicted molar refractivity (Wildman–Crippen MR) is 65.1 cm³/mol. The maximum absolute atomic E-state index is 11.6. The molecule has 0 bridgehead atoms. The van der Waals surface area contributed by atoms with Gasteiger partial charge in [-0.25, -0.2) is 0 Å². The van der Waals surface area contributed by atoms with E-state index in [9.17, 15) is 9.59 Å². The number of nitrogens with one attached hydrogen (secondary N) is 2. The predicted octanol–water partition coefficient (Wildman–Crippen LogP) is 0.836. The highest BCUT2D eigenvalue weighted by atomic mass is 35.5. The number of nitrogens with zero attached hydrogens (tertiary/aromatic N) is 2. The third-order valence-electron chi connectivity index (χ3n) is 1.88. The minimum absolute atomic E-state index is 0.144. The zero-order chi connectivity index (χ0) is 12.8. The van der Waals surface area contributed by atoms with Gasteiger partial charge in [0.25, 0.3) is 5.91 Å². The molecule has 0 saturated heterocycles. The minimum Gasteiger partial charge on any atom is -0.354 e. The van der Waals surface area contributed by atoms with Crippen LogP contribution in [0.3, 0.4) is 0 Å². The molecule has 0 fully saturated rings. The first kappa shape index (κ1) is 13.9. The van der Waals surface area contributed by atoms with Crippen molar-refractivity contribution < 1.29 is 9.59 Å². The van der Waals surface area contributed by atoms with E-state index in [-0.39, 0.29) is 15.4 Å². The van der Waals surface area contributed by atoms with E-state index in [2.05, 4.69) is 20.8 Å². The van der Waals surface area contributed by atoms with E-state index in [0.717, 1.165) is 17.8 Å². The van der Waals surface area contributed by atoms with E-state index < -0.39 is 11.9 Å². The summed E-state index contributed by atoms with van der Waals surface area (Å²) in [6.07, 6.45) is 0.846. The molecule has 1 unspecified atom stereocenters. The van der Waals surface area contributed by atoms with Crippen LogP contribution in [0.1, 0.15) is 30.1 Å². The average Bonchev–Trinajstić information content (AvgIpc) is 2.72. The molecule has 0 radical (unpaired) electrons. The molecule has 1 rings (SSSR count). The van der Waals surface area contributed by atoms with Crippen LogP contribution in [0.25, 0.3) is 0 Å². The Morgan fingerprint density at radius 1 is 1.47 bits per heavy atom. The molecule has 1 heterocycles. The first-order chi connectivity index (χ1) is 8.04. The highest BCUT2D eigenvalue weighted by Crippen LogP contribution is 2.14. The van der Waals surface area contributed by atoms with Crippen molar-refractivity contribution in [3.63, 3.8) is 0 Å². The molecule has 1 aromatic rings. The maximum atomic E-state index is 11.6. The van der Waals surface area contributed by atoms with Crippen molar-refractivity contribution in [1.82, 2.24) is 20.8 Å². The van der Waals surface area contributed by atoms with Crippen LogP contribution < -0.4 is 10.6 Å². The van der Waals surface area contributed by atoms with Gasteiger partial charge in [0.05, 0.1) is 0 Å². The van der Waals surface area contributed by atoms with Crippen molar-refractivity contribution in [2.75, 3.05) is 6.54 Å². The molecule has 0 spiro atoms. The lowest BCUT2D eigenvalue weighted by Crippen LogP contribution is -2.45. The van der Waals surface area contributed by atoms with Gasteiger partial charge < -0.3 is 10.6 Å². The fourth-order valence-electron chi connectivity index (χ4n) is 1.02. The van der Waals surface area contributed by atoms with E-state index in [1.807, 2.05) is 6.92 Å². The molecular weight excluding hydrogens is 264 g/mol. The van der Waals surface area contributed by atoms with Crippen LogP contribution in [0.2, 0.25) is 4.47 Å². The van der Waals surface area contributed by atoms with E-state index in [4.69, 9.17) is 11.6 Å². The van der Waals surface area contributed by atoms with Crippen LogP contribution in [-0.4, -0.2) is 34.6 Å². The Hall–Kier alpha value is -1.21. The number of carbonyl (C=O) groups is 2. The van der Waals surface area contributed by atoms with Gasteiger partial charge >= 0.3 is 0 Å². The second-order valence-corrected chi connectivity index (χ2v) is 4.91. The molecule has 1 aromatic heterocycles. The summed E-state index contributed by atoms with van der Waals surface area (Å²) in [6.45, 7) is 4.14. The highest BCUT2D eigenvalue weighted by Gasteiger charge is 2.18. The monoisotopic (exact) mass is 276 g/mol. The van der Waals surface area contributed by atoms with Crippen LogP contribution in [0.4, 0.5) is 0 Å². The second-order valence-electron chi connectivity index (χ2n) is 3.35. The number of halogens is 1. The molecule has 17 heavy (non-hydrogen) atoms. The molecule has 0 aliphatic rings. The Labute approximate surface area is 108 Å². The van der Waals surface area contributed by atoms with E-state index >= 15 is 0 Å². The largest absolute Gasteiger partial charge is 0.354 e. The van der Waals surface area contributed by atoms with E-state index in [0.29, 0.717) is 6.54 Å². The van der Waals surface area contributed by atoms with Crippen LogP contribution in [0, 0.1) is 0 Å². The fraction of sp³-hybridized carbons (Fsp3) is 0.556. The van der Waals surface area contributed by atoms with Crippen molar-refractivity contribution >= 4 is 34.8 Å². The summed E-state index contributed by atoms with van der Waals surface area (Å²) in [4.78, 5) is 23.1. The summed E-state index contributed by atoms with van der Waals surface area (Å²) in [5, 5.41) is 12.4. The molecule has 0 aliphatic heterocycles. The number of carbonyl (C=O) groups excluding carboxylic acids is 2. The van der Waals surface area contributed by atoms with Gasteiger partial charge in [0.15, 0.2) is 0 Å². The van der Waals surface area contributed by atoms with Crippen LogP contribution >= 0.6 is 22.9 Å². The quantitative estimate of drug-likeness (QED) is 0.835. The van der Waals surface area contributed by atoms with Crippen molar-refractivity contribution in [2.45, 2.75) is 26.3 Å². The third-order valence-corrected chi connectivity index (χ3v) is 2.90. The standard InChI is InChI=1S/C9H13ClN4O2S/c1-3-4-11-6(15)5(2)12-7(16)8-13-14-9(10)17-8/h5H,3-4H2,1-2H3,(H,11,15)(H,12,16). The van der Waals surface area contributed by atoms with Crippen LogP contribution in [0.15, 0.2) is 0 Å². The summed E-state index contributed by atoms with van der Waals surface area (Å²) in [7, 11) is 0. The first-order valence-electron chi connectivity index (χ1n) is 5.12. The van der Waals surface area contributed by atoms with Gasteiger partial charge in [-0.05, 0) is 24.9 Å². The zero-order valence-corrected chi connectivity index (χ0v) is 11.1. The van der Waals surface area contributed by atoms with E-state index in [1.54, 1.807) is 6.92 Å². The van der Waals surface area contributed by atoms with Gasteiger partial charge in [-0.2, -0.15) is 0 Å². The third kappa shape index (κ3) is 4.27. The number of hydrogen-bond donors (Lipinski definition) is 2. The summed E-state index contributed by atoms with van der Waals surface area (Å²) >= 11 is 6.52. The summed E-state index contributed by atoms with van der Waals surface area (Å²) in [5.74, 6) is -0.677. The summed E-state index contributed by atoms with van der Waals surface area (Å²) < 4.78 is 0.193. The van der Waals surface area contributed by atoms with Crippen molar-refractivity contribution in [3.8, 4) is 0 Å². The molecule has 2 amide bonds. The molecule has 94 valence electrons. The van der Waals surface area contributed by atoms with Crippen molar-refractivity contribution in [3.05, 3.63) is 9.47 Å². The minimum atomic E-state index is -0.614. The number of hydrogen-bond acceptors (Lipinski definition) is 5. The smallest absolute Gasteiger partial charge is 0.282 e. The Bertz CT molecular complexity index is 409. The zero-order valence-electron chi connectivity index (χ0n) is 9.49. The van der Waals surface area contributed by atoms with Crippen LogP contribution in [0.5, 0.6) is 0 Å². The maximum Gasteiger partial charge on any atom is 0.282 e. The van der Waals surface area contributed by atoms with Gasteiger partial charge in [0.2, 0.25) is 15.4 Å². The summed E-state index contributed by atoms with van der Waals surface area (Å²) in [6, 6.07) is -0.614. The Balaban J connectivity index is 2.48. The fourth-order valence-corrected chi connectivity index (χ4v) is 1.75. The number of amides is 2. The average molecular weight is 277 g/mol.